The van der Waals surface area contributed by atoms with E-state index >= 15 is 0 Å². The Morgan fingerprint density at radius 2 is 2.00 bits per heavy atom. The van der Waals surface area contributed by atoms with Gasteiger partial charge in [-0.3, -0.25) is 4.79 Å². The van der Waals surface area contributed by atoms with Crippen molar-refractivity contribution in [3.63, 3.8) is 0 Å². The quantitative estimate of drug-likeness (QED) is 0.403. The average Bonchev–Trinajstić information content (AvgIpc) is 3.17. The summed E-state index contributed by atoms with van der Waals surface area (Å²) in [5, 5.41) is 9.39. The normalized spacial score (nSPS) is 24.4. The Kier molecular flexibility index (Phi) is 3.26. The number of ether oxygens (including phenoxy) is 1. The number of fused-ring (bicyclic) bond motifs is 3. The van der Waals surface area contributed by atoms with Crippen molar-refractivity contribution in [1.29, 1.82) is 0 Å². The van der Waals surface area contributed by atoms with E-state index in [1.807, 2.05) is 0 Å². The van der Waals surface area contributed by atoms with Crippen molar-refractivity contribution in [2.24, 2.45) is 17.8 Å². The molecule has 2 bridgehead atoms. The van der Waals surface area contributed by atoms with Crippen LogP contribution in [-0.4, -0.2) is 17.0 Å². The molecular formula is C18H14O6. The summed E-state index contributed by atoms with van der Waals surface area (Å²) >= 11 is 0. The van der Waals surface area contributed by atoms with Crippen molar-refractivity contribution in [3.8, 4) is 5.75 Å². The largest absolute Gasteiger partial charge is 0.477 e. The van der Waals surface area contributed by atoms with Crippen LogP contribution in [0.25, 0.3) is 11.0 Å². The molecule has 0 spiro atoms. The van der Waals surface area contributed by atoms with Crippen LogP contribution in [0.2, 0.25) is 0 Å². The molecular weight excluding hydrogens is 312 g/mol. The highest BCUT2D eigenvalue weighted by molar-refractivity contribution is 5.91. The summed E-state index contributed by atoms with van der Waals surface area (Å²) in [5.41, 5.74) is -1.18. The summed E-state index contributed by atoms with van der Waals surface area (Å²) in [6.07, 6.45) is 6.04. The summed E-state index contributed by atoms with van der Waals surface area (Å²) < 4.78 is 10.4. The van der Waals surface area contributed by atoms with Gasteiger partial charge in [0.2, 0.25) is 0 Å². The number of benzene rings is 1. The third-order valence-electron chi connectivity index (χ3n) is 4.74. The number of carboxylic acids is 1. The molecule has 1 aromatic carbocycles. The number of carbonyl (C=O) groups excluding carboxylic acids is 1. The predicted octanol–water partition coefficient (Wildman–Crippen LogP) is 2.61. The Morgan fingerprint density at radius 3 is 2.67 bits per heavy atom. The van der Waals surface area contributed by atoms with Crippen molar-refractivity contribution < 1.29 is 23.8 Å². The molecule has 0 aliphatic heterocycles. The zero-order valence-corrected chi connectivity index (χ0v) is 12.6. The van der Waals surface area contributed by atoms with Gasteiger partial charge in [-0.25, -0.2) is 9.59 Å². The highest BCUT2D eigenvalue weighted by Gasteiger charge is 2.40. The Bertz CT molecular complexity index is 938. The summed E-state index contributed by atoms with van der Waals surface area (Å²) in [6.45, 7) is 0. The minimum absolute atomic E-state index is 0.128. The van der Waals surface area contributed by atoms with Gasteiger partial charge < -0.3 is 14.3 Å². The zero-order valence-electron chi connectivity index (χ0n) is 12.6. The van der Waals surface area contributed by atoms with Crippen LogP contribution >= 0.6 is 0 Å². The molecule has 6 heteroatoms. The average molecular weight is 326 g/mol. The van der Waals surface area contributed by atoms with Gasteiger partial charge in [-0.15, -0.1) is 0 Å². The fourth-order valence-corrected chi connectivity index (χ4v) is 3.55. The zero-order chi connectivity index (χ0) is 16.8. The first kappa shape index (κ1) is 14.7. The van der Waals surface area contributed by atoms with Crippen LogP contribution in [0.3, 0.4) is 0 Å². The molecule has 0 radical (unpaired) electrons. The number of rotatable bonds is 3. The van der Waals surface area contributed by atoms with Crippen LogP contribution in [0, 0.1) is 17.8 Å². The molecule has 122 valence electrons. The molecule has 1 heterocycles. The van der Waals surface area contributed by atoms with E-state index in [2.05, 4.69) is 12.2 Å². The Morgan fingerprint density at radius 1 is 1.17 bits per heavy atom. The highest BCUT2D eigenvalue weighted by Crippen LogP contribution is 2.44. The Hall–Kier alpha value is -2.89. The topological polar surface area (TPSA) is 93.8 Å². The molecule has 6 nitrogen and oxygen atoms in total. The monoisotopic (exact) mass is 326 g/mol. The lowest BCUT2D eigenvalue weighted by Crippen LogP contribution is -2.24. The second kappa shape index (κ2) is 5.33. The molecule has 4 rings (SSSR count). The molecule has 1 N–H and O–H groups in total. The van der Waals surface area contributed by atoms with Gasteiger partial charge in [-0.2, -0.15) is 0 Å². The number of hydrogen-bond donors (Lipinski definition) is 1. The Labute approximate surface area is 136 Å². The summed E-state index contributed by atoms with van der Waals surface area (Å²) in [4.78, 5) is 34.9. The maximum Gasteiger partial charge on any atom is 0.351 e. The van der Waals surface area contributed by atoms with Crippen molar-refractivity contribution in [1.82, 2.24) is 0 Å². The number of carboxylic acid groups (broad SMARTS) is 1. The molecule has 1 fully saturated rings. The molecule has 3 atom stereocenters. The second-order valence-electron chi connectivity index (χ2n) is 6.26. The van der Waals surface area contributed by atoms with Crippen molar-refractivity contribution in [3.05, 3.63) is 52.4 Å². The molecule has 1 aromatic heterocycles. The number of aromatic carboxylic acids is 1. The predicted molar refractivity (Wildman–Crippen MR) is 83.9 cm³/mol. The molecule has 1 saturated carbocycles. The third-order valence-corrected chi connectivity index (χ3v) is 4.74. The van der Waals surface area contributed by atoms with E-state index in [1.165, 1.54) is 12.1 Å². The van der Waals surface area contributed by atoms with Crippen LogP contribution in [0.1, 0.15) is 23.2 Å². The van der Waals surface area contributed by atoms with Crippen LogP contribution < -0.4 is 10.4 Å². The molecule has 0 amide bonds. The maximum atomic E-state index is 12.3. The van der Waals surface area contributed by atoms with Gasteiger partial charge in [-0.1, -0.05) is 12.2 Å². The van der Waals surface area contributed by atoms with E-state index in [-0.39, 0.29) is 29.1 Å². The summed E-state index contributed by atoms with van der Waals surface area (Å²) in [5.74, 6) is -0.751. The van der Waals surface area contributed by atoms with Crippen LogP contribution in [0.15, 0.2) is 45.6 Å². The molecule has 24 heavy (non-hydrogen) atoms. The van der Waals surface area contributed by atoms with E-state index in [0.29, 0.717) is 11.3 Å². The first-order chi connectivity index (χ1) is 11.5. The lowest BCUT2D eigenvalue weighted by atomic mass is 9.94. The van der Waals surface area contributed by atoms with E-state index in [4.69, 9.17) is 14.3 Å². The molecule has 2 aliphatic rings. The minimum Gasteiger partial charge on any atom is -0.477 e. The number of esters is 1. The maximum absolute atomic E-state index is 12.3. The number of hydrogen-bond acceptors (Lipinski definition) is 5. The van der Waals surface area contributed by atoms with Crippen molar-refractivity contribution >= 4 is 22.9 Å². The molecule has 3 unspecified atom stereocenters. The van der Waals surface area contributed by atoms with Crippen molar-refractivity contribution in [2.45, 2.75) is 12.8 Å². The smallest absolute Gasteiger partial charge is 0.351 e. The van der Waals surface area contributed by atoms with Gasteiger partial charge in [0.1, 0.15) is 16.9 Å². The lowest BCUT2D eigenvalue weighted by Gasteiger charge is -2.16. The standard InChI is InChI=1S/C18H14O6/c19-16(20)14-7-11-3-4-12(8-15(11)24-18(14)22)23-17(21)13-6-9-1-2-10(13)5-9/h1-4,7-10,13H,5-6H2,(H,19,20). The van der Waals surface area contributed by atoms with Crippen LogP contribution in [-0.2, 0) is 4.79 Å². The SMILES string of the molecule is O=C(O)c1cc2ccc(OC(=O)C3CC4C=CC3C4)cc2oc1=O. The van der Waals surface area contributed by atoms with Crippen molar-refractivity contribution in [2.75, 3.05) is 0 Å². The van der Waals surface area contributed by atoms with E-state index in [0.717, 1.165) is 12.8 Å². The van der Waals surface area contributed by atoms with Gasteiger partial charge in [-0.05, 0) is 42.9 Å². The second-order valence-corrected chi connectivity index (χ2v) is 6.26. The first-order valence-corrected chi connectivity index (χ1v) is 7.72. The first-order valence-electron chi connectivity index (χ1n) is 7.72. The minimum atomic E-state index is -1.34. The number of carbonyl (C=O) groups is 2. The van der Waals surface area contributed by atoms with Crippen LogP contribution in [0.5, 0.6) is 5.75 Å². The van der Waals surface area contributed by atoms with Crippen LogP contribution in [0.4, 0.5) is 0 Å². The summed E-state index contributed by atoms with van der Waals surface area (Å²) in [6, 6.07) is 5.81. The highest BCUT2D eigenvalue weighted by atomic mass is 16.5. The van der Waals surface area contributed by atoms with Gasteiger partial charge in [0.05, 0.1) is 5.92 Å². The summed E-state index contributed by atoms with van der Waals surface area (Å²) in [7, 11) is 0. The van der Waals surface area contributed by atoms with Gasteiger partial charge >= 0.3 is 17.6 Å². The Balaban J connectivity index is 1.60. The molecule has 0 saturated heterocycles. The fraction of sp³-hybridized carbons (Fsp3) is 0.278. The number of allylic oxidation sites excluding steroid dienone is 2. The van der Waals surface area contributed by atoms with Gasteiger partial charge in [0.15, 0.2) is 0 Å². The fourth-order valence-electron chi connectivity index (χ4n) is 3.55. The van der Waals surface area contributed by atoms with Gasteiger partial charge in [0, 0.05) is 11.5 Å². The molecule has 2 aliphatic carbocycles. The molecule has 2 aromatic rings. The van der Waals surface area contributed by atoms with E-state index in [1.54, 1.807) is 12.1 Å². The third kappa shape index (κ3) is 2.40. The lowest BCUT2D eigenvalue weighted by molar-refractivity contribution is -0.139. The van der Waals surface area contributed by atoms with E-state index in [9.17, 15) is 14.4 Å². The van der Waals surface area contributed by atoms with Gasteiger partial charge in [0.25, 0.3) is 0 Å². The van der Waals surface area contributed by atoms with E-state index < -0.39 is 17.2 Å².